The Bertz CT molecular complexity index is 1230. The Morgan fingerprint density at radius 1 is 0.970 bits per heavy atom. The first-order valence-electron chi connectivity index (χ1n) is 9.43. The lowest BCUT2D eigenvalue weighted by Crippen LogP contribution is -2.37. The van der Waals surface area contributed by atoms with Crippen molar-refractivity contribution in [3.8, 4) is 0 Å². The van der Waals surface area contributed by atoms with E-state index in [1.54, 1.807) is 6.07 Å². The molecule has 0 fully saturated rings. The number of carbonyl (C=O) groups is 1. The van der Waals surface area contributed by atoms with Crippen molar-refractivity contribution >= 4 is 33.2 Å². The zero-order chi connectivity index (χ0) is 24.2. The quantitative estimate of drug-likeness (QED) is 0.446. The maximum absolute atomic E-state index is 13.2. The summed E-state index contributed by atoms with van der Waals surface area (Å²) in [5, 5.41) is 1.73. The van der Waals surface area contributed by atoms with Gasteiger partial charge in [-0.2, -0.15) is 17.5 Å². The minimum Gasteiger partial charge on any atom is -0.325 e. The standard InChI is InChI=1S/C22H17ClF4N2O3S/c23-20-11-10-17(12-19(20)22(25,26)27)28-21(30)14-29(13-15-6-8-16(24)9-7-15)33(31,32)18-4-2-1-3-5-18/h1-12H,13-14H2,(H,28,30). The Morgan fingerprint density at radius 3 is 2.21 bits per heavy atom. The summed E-state index contributed by atoms with van der Waals surface area (Å²) in [5.74, 6) is -1.38. The fourth-order valence-electron chi connectivity index (χ4n) is 2.94. The van der Waals surface area contributed by atoms with Crippen LogP contribution in [0.15, 0.2) is 77.7 Å². The number of hydrogen-bond acceptors (Lipinski definition) is 3. The number of hydrogen-bond donors (Lipinski definition) is 1. The SMILES string of the molecule is O=C(CN(Cc1ccc(F)cc1)S(=O)(=O)c1ccccc1)Nc1ccc(Cl)c(C(F)(F)F)c1. The van der Waals surface area contributed by atoms with Crippen LogP contribution in [0.5, 0.6) is 0 Å². The second-order valence-electron chi connectivity index (χ2n) is 6.95. The van der Waals surface area contributed by atoms with Crippen LogP contribution in [-0.2, 0) is 27.5 Å². The molecule has 0 radical (unpaired) electrons. The zero-order valence-corrected chi connectivity index (χ0v) is 18.4. The van der Waals surface area contributed by atoms with Crippen molar-refractivity contribution in [2.45, 2.75) is 17.6 Å². The minimum atomic E-state index is -4.73. The molecule has 0 heterocycles. The van der Waals surface area contributed by atoms with Crippen molar-refractivity contribution in [2.24, 2.45) is 0 Å². The molecule has 3 aromatic carbocycles. The highest BCUT2D eigenvalue weighted by molar-refractivity contribution is 7.89. The van der Waals surface area contributed by atoms with Gasteiger partial charge < -0.3 is 5.32 Å². The summed E-state index contributed by atoms with van der Waals surface area (Å²) < 4.78 is 79.6. The zero-order valence-electron chi connectivity index (χ0n) is 16.8. The van der Waals surface area contributed by atoms with Gasteiger partial charge in [0.25, 0.3) is 0 Å². The number of benzene rings is 3. The van der Waals surface area contributed by atoms with Crippen molar-refractivity contribution in [3.05, 3.63) is 94.8 Å². The minimum absolute atomic E-state index is 0.0780. The molecule has 0 bridgehead atoms. The first-order valence-corrected chi connectivity index (χ1v) is 11.2. The monoisotopic (exact) mass is 500 g/mol. The molecule has 0 unspecified atom stereocenters. The van der Waals surface area contributed by atoms with Gasteiger partial charge in [-0.15, -0.1) is 0 Å². The summed E-state index contributed by atoms with van der Waals surface area (Å²) in [4.78, 5) is 12.5. The van der Waals surface area contributed by atoms with Gasteiger partial charge in [-0.1, -0.05) is 41.9 Å². The highest BCUT2D eigenvalue weighted by atomic mass is 35.5. The fraction of sp³-hybridized carbons (Fsp3) is 0.136. The summed E-state index contributed by atoms with van der Waals surface area (Å²) >= 11 is 5.58. The average molecular weight is 501 g/mol. The molecule has 5 nitrogen and oxygen atoms in total. The largest absolute Gasteiger partial charge is 0.417 e. The van der Waals surface area contributed by atoms with Gasteiger partial charge in [-0.25, -0.2) is 12.8 Å². The van der Waals surface area contributed by atoms with E-state index in [1.165, 1.54) is 42.5 Å². The van der Waals surface area contributed by atoms with Gasteiger partial charge in [-0.3, -0.25) is 4.79 Å². The van der Waals surface area contributed by atoms with E-state index >= 15 is 0 Å². The van der Waals surface area contributed by atoms with Crippen molar-refractivity contribution < 1.29 is 30.8 Å². The number of anilines is 1. The van der Waals surface area contributed by atoms with Crippen LogP contribution in [0, 0.1) is 5.82 Å². The van der Waals surface area contributed by atoms with E-state index < -0.39 is 45.1 Å². The predicted octanol–water partition coefficient (Wildman–Crippen LogP) is 5.33. The fourth-order valence-corrected chi connectivity index (χ4v) is 4.57. The highest BCUT2D eigenvalue weighted by Crippen LogP contribution is 2.36. The Kier molecular flexibility index (Phi) is 7.41. The maximum Gasteiger partial charge on any atom is 0.417 e. The van der Waals surface area contributed by atoms with Gasteiger partial charge >= 0.3 is 6.18 Å². The highest BCUT2D eigenvalue weighted by Gasteiger charge is 2.33. The Labute approximate surface area is 192 Å². The molecule has 1 amide bonds. The number of alkyl halides is 3. The van der Waals surface area contributed by atoms with E-state index in [-0.39, 0.29) is 17.1 Å². The summed E-state index contributed by atoms with van der Waals surface area (Å²) in [6, 6.07) is 15.2. The van der Waals surface area contributed by atoms with Gasteiger partial charge in [0, 0.05) is 12.2 Å². The van der Waals surface area contributed by atoms with Gasteiger partial charge in [0.15, 0.2) is 0 Å². The number of amides is 1. The van der Waals surface area contributed by atoms with Crippen molar-refractivity contribution in [2.75, 3.05) is 11.9 Å². The summed E-state index contributed by atoms with van der Waals surface area (Å²) in [5.41, 5.74) is -0.924. The van der Waals surface area contributed by atoms with Crippen LogP contribution < -0.4 is 5.32 Å². The van der Waals surface area contributed by atoms with Crippen molar-refractivity contribution in [3.63, 3.8) is 0 Å². The average Bonchev–Trinajstić information content (AvgIpc) is 2.76. The van der Waals surface area contributed by atoms with Crippen molar-refractivity contribution in [1.29, 1.82) is 0 Å². The molecule has 0 aliphatic rings. The van der Waals surface area contributed by atoms with Gasteiger partial charge in [0.2, 0.25) is 15.9 Å². The van der Waals surface area contributed by atoms with Gasteiger partial charge in [-0.05, 0) is 48.0 Å². The molecule has 11 heteroatoms. The van der Waals surface area contributed by atoms with E-state index in [9.17, 15) is 30.8 Å². The molecule has 0 aromatic heterocycles. The second-order valence-corrected chi connectivity index (χ2v) is 9.30. The van der Waals surface area contributed by atoms with Crippen LogP contribution in [0.4, 0.5) is 23.2 Å². The normalized spacial score (nSPS) is 12.1. The van der Waals surface area contributed by atoms with Crippen molar-refractivity contribution in [1.82, 2.24) is 4.31 Å². The molecule has 33 heavy (non-hydrogen) atoms. The first-order chi connectivity index (χ1) is 15.5. The lowest BCUT2D eigenvalue weighted by molar-refractivity contribution is -0.137. The molecule has 0 spiro atoms. The maximum atomic E-state index is 13.2. The lowest BCUT2D eigenvalue weighted by Gasteiger charge is -2.22. The lowest BCUT2D eigenvalue weighted by atomic mass is 10.2. The molecule has 174 valence electrons. The topological polar surface area (TPSA) is 66.5 Å². The van der Waals surface area contributed by atoms with Crippen LogP contribution >= 0.6 is 11.6 Å². The van der Waals surface area contributed by atoms with Crippen LogP contribution in [-0.4, -0.2) is 25.2 Å². The molecular formula is C22H17ClF4N2O3S. The van der Waals surface area contributed by atoms with Crippen LogP contribution in [0.3, 0.4) is 0 Å². The Morgan fingerprint density at radius 2 is 1.61 bits per heavy atom. The van der Waals surface area contributed by atoms with Gasteiger partial charge in [0.1, 0.15) is 5.82 Å². The van der Waals surface area contributed by atoms with E-state index in [1.807, 2.05) is 0 Å². The molecule has 3 rings (SSSR count). The number of nitrogens with one attached hydrogen (secondary N) is 1. The van der Waals surface area contributed by atoms with Crippen LogP contribution in [0.2, 0.25) is 5.02 Å². The molecule has 0 saturated heterocycles. The molecular weight excluding hydrogens is 484 g/mol. The molecule has 3 aromatic rings. The molecule has 0 saturated carbocycles. The number of carbonyl (C=O) groups excluding carboxylic acids is 1. The number of rotatable bonds is 7. The Balaban J connectivity index is 1.87. The smallest absolute Gasteiger partial charge is 0.325 e. The molecule has 0 atom stereocenters. The Hall–Kier alpha value is -2.95. The molecule has 1 N–H and O–H groups in total. The number of nitrogens with zero attached hydrogens (tertiary/aromatic N) is 1. The number of sulfonamides is 1. The predicted molar refractivity (Wildman–Crippen MR) is 116 cm³/mol. The second kappa shape index (κ2) is 9.90. The molecule has 0 aliphatic heterocycles. The van der Waals surface area contributed by atoms with E-state index in [0.29, 0.717) is 11.6 Å². The number of halogens is 5. The van der Waals surface area contributed by atoms with E-state index in [2.05, 4.69) is 5.32 Å². The van der Waals surface area contributed by atoms with Crippen LogP contribution in [0.25, 0.3) is 0 Å². The van der Waals surface area contributed by atoms with Crippen LogP contribution in [0.1, 0.15) is 11.1 Å². The summed E-state index contributed by atoms with van der Waals surface area (Å²) in [6.07, 6.45) is -4.73. The van der Waals surface area contributed by atoms with E-state index in [4.69, 9.17) is 11.6 Å². The third-order valence-electron chi connectivity index (χ3n) is 4.53. The van der Waals surface area contributed by atoms with Gasteiger partial charge in [0.05, 0.1) is 22.0 Å². The summed E-state index contributed by atoms with van der Waals surface area (Å²) in [7, 11) is -4.16. The van der Waals surface area contributed by atoms with E-state index in [0.717, 1.165) is 22.5 Å². The third kappa shape index (κ3) is 6.31. The first kappa shape index (κ1) is 24.7. The summed E-state index contributed by atoms with van der Waals surface area (Å²) in [6.45, 7) is -0.960. The molecule has 0 aliphatic carbocycles. The third-order valence-corrected chi connectivity index (χ3v) is 6.66.